The Morgan fingerprint density at radius 1 is 1.12 bits per heavy atom. The van der Waals surface area contributed by atoms with Crippen molar-refractivity contribution in [2.45, 2.75) is 25.7 Å². The number of aliphatic carboxylic acids is 1. The van der Waals surface area contributed by atoms with Gasteiger partial charge in [0.05, 0.1) is 20.6 Å². The van der Waals surface area contributed by atoms with E-state index in [-0.39, 0.29) is 24.5 Å². The van der Waals surface area contributed by atoms with Crippen molar-refractivity contribution < 1.29 is 29.0 Å². The van der Waals surface area contributed by atoms with Crippen molar-refractivity contribution in [3.05, 3.63) is 23.8 Å². The van der Waals surface area contributed by atoms with Crippen molar-refractivity contribution >= 4 is 17.7 Å². The number of amides is 1. The highest BCUT2D eigenvalue weighted by Gasteiger charge is 2.16. The minimum absolute atomic E-state index is 0.117. The summed E-state index contributed by atoms with van der Waals surface area (Å²) in [4.78, 5) is 36.1. The van der Waals surface area contributed by atoms with E-state index in [2.05, 4.69) is 0 Å². The quantitative estimate of drug-likeness (QED) is 0.527. The van der Waals surface area contributed by atoms with E-state index in [1.165, 1.54) is 14.2 Å². The lowest BCUT2D eigenvalue weighted by atomic mass is 10.1. The number of ether oxygens (including phenoxy) is 2. The molecule has 26 heavy (non-hydrogen) atoms. The Balaban J connectivity index is 2.64. The molecular weight excluding hydrogens is 340 g/mol. The van der Waals surface area contributed by atoms with Gasteiger partial charge in [0.1, 0.15) is 12.2 Å². The molecule has 0 heterocycles. The van der Waals surface area contributed by atoms with Crippen molar-refractivity contribution in [1.82, 2.24) is 4.90 Å². The molecule has 0 radical (unpaired) electrons. The summed E-state index contributed by atoms with van der Waals surface area (Å²) in [5, 5.41) is 8.59. The zero-order chi connectivity index (χ0) is 19.5. The van der Waals surface area contributed by atoms with Gasteiger partial charge in [0.25, 0.3) is 0 Å². The van der Waals surface area contributed by atoms with Gasteiger partial charge in [-0.25, -0.2) is 0 Å². The van der Waals surface area contributed by atoms with Gasteiger partial charge in [-0.2, -0.15) is 0 Å². The first-order chi connectivity index (χ1) is 12.4. The number of carbonyl (C=O) groups is 3. The van der Waals surface area contributed by atoms with Gasteiger partial charge in [-0.05, 0) is 24.1 Å². The van der Waals surface area contributed by atoms with E-state index in [1.54, 1.807) is 23.1 Å². The second-order valence-electron chi connectivity index (χ2n) is 5.75. The SMILES string of the molecule is COc1ccc(CC(=O)N(CCN)CCCC(=O)CC(=O)O)cc1OC. The van der Waals surface area contributed by atoms with Crippen LogP contribution in [0.25, 0.3) is 0 Å². The zero-order valence-electron chi connectivity index (χ0n) is 15.2. The summed E-state index contributed by atoms with van der Waals surface area (Å²) < 4.78 is 10.4. The molecule has 0 unspecified atom stereocenters. The van der Waals surface area contributed by atoms with Crippen LogP contribution in [0.1, 0.15) is 24.8 Å². The number of rotatable bonds is 12. The molecule has 1 aromatic carbocycles. The van der Waals surface area contributed by atoms with Crippen molar-refractivity contribution in [3.8, 4) is 11.5 Å². The summed E-state index contributed by atoms with van der Waals surface area (Å²) in [5.74, 6) is -0.480. The molecule has 0 aliphatic rings. The van der Waals surface area contributed by atoms with Crippen molar-refractivity contribution in [3.63, 3.8) is 0 Å². The van der Waals surface area contributed by atoms with Crippen LogP contribution in [-0.4, -0.2) is 61.5 Å². The van der Waals surface area contributed by atoms with Crippen molar-refractivity contribution in [1.29, 1.82) is 0 Å². The second kappa shape index (κ2) is 11.1. The third-order valence-corrected chi connectivity index (χ3v) is 3.79. The number of ketones is 1. The second-order valence-corrected chi connectivity index (χ2v) is 5.75. The summed E-state index contributed by atoms with van der Waals surface area (Å²) in [6.45, 7) is 1.04. The van der Waals surface area contributed by atoms with Gasteiger partial charge in [0.2, 0.25) is 5.91 Å². The maximum atomic E-state index is 12.5. The van der Waals surface area contributed by atoms with Crippen LogP contribution >= 0.6 is 0 Å². The first kappa shape index (κ1) is 21.4. The van der Waals surface area contributed by atoms with Gasteiger partial charge in [0.15, 0.2) is 11.5 Å². The zero-order valence-corrected chi connectivity index (χ0v) is 15.2. The van der Waals surface area contributed by atoms with E-state index < -0.39 is 12.4 Å². The van der Waals surface area contributed by atoms with E-state index >= 15 is 0 Å². The molecule has 8 nitrogen and oxygen atoms in total. The van der Waals surface area contributed by atoms with Gasteiger partial charge in [-0.15, -0.1) is 0 Å². The van der Waals surface area contributed by atoms with Crippen LogP contribution in [0.3, 0.4) is 0 Å². The molecule has 0 spiro atoms. The van der Waals surface area contributed by atoms with E-state index in [1.807, 2.05) is 0 Å². The number of carboxylic acids is 1. The number of carboxylic acid groups (broad SMARTS) is 1. The summed E-state index contributed by atoms with van der Waals surface area (Å²) >= 11 is 0. The van der Waals surface area contributed by atoms with E-state index in [9.17, 15) is 14.4 Å². The predicted octanol–water partition coefficient (Wildman–Crippen LogP) is 0.858. The molecule has 0 fully saturated rings. The predicted molar refractivity (Wildman–Crippen MR) is 95.4 cm³/mol. The van der Waals surface area contributed by atoms with Crippen LogP contribution < -0.4 is 15.2 Å². The van der Waals surface area contributed by atoms with Crippen LogP contribution in [0.5, 0.6) is 11.5 Å². The summed E-state index contributed by atoms with van der Waals surface area (Å²) in [7, 11) is 3.07. The largest absolute Gasteiger partial charge is 0.493 e. The summed E-state index contributed by atoms with van der Waals surface area (Å²) in [5.41, 5.74) is 6.34. The molecule has 3 N–H and O–H groups in total. The lowest BCUT2D eigenvalue weighted by Crippen LogP contribution is -2.37. The van der Waals surface area contributed by atoms with Crippen molar-refractivity contribution in [2.75, 3.05) is 33.9 Å². The monoisotopic (exact) mass is 366 g/mol. The van der Waals surface area contributed by atoms with Gasteiger partial charge >= 0.3 is 5.97 Å². The van der Waals surface area contributed by atoms with E-state index in [0.29, 0.717) is 37.6 Å². The number of carbonyl (C=O) groups excluding carboxylic acids is 2. The minimum Gasteiger partial charge on any atom is -0.493 e. The highest BCUT2D eigenvalue weighted by atomic mass is 16.5. The lowest BCUT2D eigenvalue weighted by Gasteiger charge is -2.22. The highest BCUT2D eigenvalue weighted by Crippen LogP contribution is 2.27. The normalized spacial score (nSPS) is 10.3. The smallest absolute Gasteiger partial charge is 0.310 e. The van der Waals surface area contributed by atoms with Gasteiger partial charge in [-0.1, -0.05) is 6.07 Å². The number of Topliss-reactive ketones (excluding diaryl/α,β-unsaturated/α-hetero) is 1. The van der Waals surface area contributed by atoms with Crippen LogP contribution in [0.4, 0.5) is 0 Å². The molecular formula is C18H26N2O6. The number of nitrogens with zero attached hydrogens (tertiary/aromatic N) is 1. The Kier molecular flexibility index (Phi) is 9.14. The van der Waals surface area contributed by atoms with Crippen LogP contribution in [-0.2, 0) is 20.8 Å². The van der Waals surface area contributed by atoms with Gasteiger partial charge in [0, 0.05) is 26.1 Å². The Labute approximate surface area is 152 Å². The highest BCUT2D eigenvalue weighted by molar-refractivity contribution is 5.94. The topological polar surface area (TPSA) is 119 Å². The van der Waals surface area contributed by atoms with E-state index in [4.69, 9.17) is 20.3 Å². The molecule has 1 aromatic rings. The number of methoxy groups -OCH3 is 2. The van der Waals surface area contributed by atoms with Crippen LogP contribution in [0.2, 0.25) is 0 Å². The number of nitrogens with two attached hydrogens (primary N) is 1. The minimum atomic E-state index is -1.14. The van der Waals surface area contributed by atoms with Crippen LogP contribution in [0.15, 0.2) is 18.2 Å². The fourth-order valence-corrected chi connectivity index (χ4v) is 2.52. The molecule has 8 heteroatoms. The maximum Gasteiger partial charge on any atom is 0.310 e. The van der Waals surface area contributed by atoms with E-state index in [0.717, 1.165) is 5.56 Å². The molecule has 0 aromatic heterocycles. The lowest BCUT2D eigenvalue weighted by molar-refractivity contribution is -0.140. The molecule has 0 saturated carbocycles. The summed E-state index contributed by atoms with van der Waals surface area (Å²) in [6.07, 6.45) is 0.209. The standard InChI is InChI=1S/C18H26N2O6/c1-25-15-6-5-13(10-16(15)26-2)11-17(22)20(9-7-19)8-3-4-14(21)12-18(23)24/h5-6,10H,3-4,7-9,11-12,19H2,1-2H3,(H,23,24). The molecule has 144 valence electrons. The molecule has 0 atom stereocenters. The molecule has 0 bridgehead atoms. The fourth-order valence-electron chi connectivity index (χ4n) is 2.52. The summed E-state index contributed by atoms with van der Waals surface area (Å²) in [6, 6.07) is 5.27. The molecule has 1 amide bonds. The average Bonchev–Trinajstić information content (AvgIpc) is 2.60. The molecule has 0 saturated heterocycles. The molecule has 1 rings (SSSR count). The number of hydrogen-bond acceptors (Lipinski definition) is 6. The van der Waals surface area contributed by atoms with Gasteiger partial charge in [-0.3, -0.25) is 14.4 Å². The Bertz CT molecular complexity index is 632. The van der Waals surface area contributed by atoms with Crippen molar-refractivity contribution in [2.24, 2.45) is 5.73 Å². The first-order valence-corrected chi connectivity index (χ1v) is 8.33. The first-order valence-electron chi connectivity index (χ1n) is 8.33. The fraction of sp³-hybridized carbons (Fsp3) is 0.500. The third-order valence-electron chi connectivity index (χ3n) is 3.79. The average molecular weight is 366 g/mol. The molecule has 0 aliphatic carbocycles. The van der Waals surface area contributed by atoms with Gasteiger partial charge < -0.3 is 25.2 Å². The maximum absolute atomic E-state index is 12.5. The Morgan fingerprint density at radius 3 is 2.38 bits per heavy atom. The number of hydrogen-bond donors (Lipinski definition) is 2. The Morgan fingerprint density at radius 2 is 1.81 bits per heavy atom. The Hall–Kier alpha value is -2.61. The van der Waals surface area contributed by atoms with Crippen LogP contribution in [0, 0.1) is 0 Å². The number of benzene rings is 1. The molecule has 0 aliphatic heterocycles. The third kappa shape index (κ3) is 7.10.